The molecule has 0 spiro atoms. The summed E-state index contributed by atoms with van der Waals surface area (Å²) in [6.07, 6.45) is -16.6. The van der Waals surface area contributed by atoms with Gasteiger partial charge in [0, 0.05) is 76.5 Å². The van der Waals surface area contributed by atoms with Crippen LogP contribution in [-0.2, 0) is 38.4 Å². The van der Waals surface area contributed by atoms with Gasteiger partial charge in [0.05, 0.1) is 25.5 Å². The molecule has 4 aliphatic heterocycles. The van der Waals surface area contributed by atoms with E-state index in [2.05, 4.69) is 0 Å². The van der Waals surface area contributed by atoms with E-state index in [0.717, 1.165) is 27.7 Å². The number of Topliss-reactive ketones (excluding diaryl/α,β-unsaturated/α-hetero) is 4. The smallest absolute Gasteiger partial charge is 0.223 e. The Bertz CT molecular complexity index is 2250. The Morgan fingerprint density at radius 3 is 1.22 bits per heavy atom. The van der Waals surface area contributed by atoms with E-state index in [0.29, 0.717) is 43.5 Å². The van der Waals surface area contributed by atoms with Crippen molar-refractivity contribution >= 4 is 46.8 Å². The first-order valence-electron chi connectivity index (χ1n) is 30.3. The molecule has 4 heterocycles. The Labute approximate surface area is 390 Å². The number of carbonyl (C=O) groups excluding carboxylic acids is 8. The first kappa shape index (κ1) is 30.6. The fraction of sp³-hybridized carbons (Fsp3) is 0.833. The number of amides is 4. The second-order valence-corrected chi connectivity index (χ2v) is 15.1. The number of ketones is 4. The highest BCUT2D eigenvalue weighted by Gasteiger charge is 2.38. The lowest BCUT2D eigenvalue weighted by molar-refractivity contribution is -0.135. The van der Waals surface area contributed by atoms with Crippen LogP contribution >= 0.6 is 0 Å². The van der Waals surface area contributed by atoms with Gasteiger partial charge in [-0.3, -0.25) is 38.4 Å². The van der Waals surface area contributed by atoms with Crippen molar-refractivity contribution in [3.05, 3.63) is 0 Å². The average molecular weight is 864 g/mol. The molecule has 4 saturated heterocycles. The van der Waals surface area contributed by atoms with Crippen LogP contribution in [0.25, 0.3) is 0 Å². The number of likely N-dealkylation sites (tertiary alicyclic amines) is 4. The molecule has 0 aromatic rings. The van der Waals surface area contributed by atoms with Gasteiger partial charge in [0.2, 0.25) is 23.6 Å². The van der Waals surface area contributed by atoms with Crippen molar-refractivity contribution < 1.29 is 64.4 Å². The van der Waals surface area contributed by atoms with Crippen LogP contribution in [0.4, 0.5) is 0 Å². The van der Waals surface area contributed by atoms with Crippen molar-refractivity contribution in [2.24, 2.45) is 23.6 Å². The molecule has 0 bridgehead atoms. The summed E-state index contributed by atoms with van der Waals surface area (Å²) < 4.78 is 148. The lowest BCUT2D eigenvalue weighted by Gasteiger charge is -2.24. The molecule has 344 valence electrons. The van der Waals surface area contributed by atoms with Crippen LogP contribution in [0.1, 0.15) is 211 Å². The Morgan fingerprint density at radius 2 is 0.867 bits per heavy atom. The molecule has 12 heteroatoms. The molecule has 0 aliphatic carbocycles. The molecule has 0 N–H and O–H groups in total. The highest BCUT2D eigenvalue weighted by molar-refractivity contribution is 5.90. The summed E-state index contributed by atoms with van der Waals surface area (Å²) in [6, 6.07) is -4.09. The molecule has 4 fully saturated rings. The number of carbonyl (C=O) groups is 8. The van der Waals surface area contributed by atoms with E-state index in [4.69, 9.17) is 26.0 Å². The monoisotopic (exact) mass is 864 g/mol. The summed E-state index contributed by atoms with van der Waals surface area (Å²) in [6.45, 7) is 16.0. The van der Waals surface area contributed by atoms with E-state index in [1.807, 2.05) is 6.92 Å². The second kappa shape index (κ2) is 28.2. The molecule has 0 aromatic heterocycles. The molecule has 4 amide bonds. The number of hydrogen-bond acceptors (Lipinski definition) is 8. The summed E-state index contributed by atoms with van der Waals surface area (Å²) in [5.74, 6) is -7.68. The number of nitrogens with zero attached hydrogens (tertiary/aromatic N) is 4. The maximum Gasteiger partial charge on any atom is 0.223 e. The van der Waals surface area contributed by atoms with E-state index in [1.54, 1.807) is 18.7 Å². The van der Waals surface area contributed by atoms with E-state index in [9.17, 15) is 38.4 Å². The summed E-state index contributed by atoms with van der Waals surface area (Å²) in [7, 11) is 0. The summed E-state index contributed by atoms with van der Waals surface area (Å²) in [5.41, 5.74) is 0. The Kier molecular flexibility index (Phi) is 14.4. The van der Waals surface area contributed by atoms with Gasteiger partial charge in [-0.25, -0.2) is 0 Å². The highest BCUT2D eigenvalue weighted by atomic mass is 16.2. The molecule has 0 saturated carbocycles. The van der Waals surface area contributed by atoms with Crippen LogP contribution in [0.5, 0.6) is 0 Å². The number of hydrogen-bond donors (Lipinski definition) is 0. The molecular formula is C48H84N4O8. The summed E-state index contributed by atoms with van der Waals surface area (Å²) >= 11 is 0. The van der Waals surface area contributed by atoms with Gasteiger partial charge >= 0.3 is 0 Å². The fourth-order valence-corrected chi connectivity index (χ4v) is 7.81. The Balaban J connectivity index is 0.000000530. The lowest BCUT2D eigenvalue weighted by Crippen LogP contribution is -2.40. The highest BCUT2D eigenvalue weighted by Crippen LogP contribution is 2.28. The first-order valence-corrected chi connectivity index (χ1v) is 20.8. The van der Waals surface area contributed by atoms with Crippen molar-refractivity contribution in [3.63, 3.8) is 0 Å². The molecule has 4 rings (SSSR count). The minimum atomic E-state index is -2.73. The number of rotatable bonds is 20. The molecule has 0 radical (unpaired) electrons. The summed E-state index contributed by atoms with van der Waals surface area (Å²) in [5, 5.41) is 0. The van der Waals surface area contributed by atoms with Crippen LogP contribution < -0.4 is 0 Å². The molecule has 0 unspecified atom stereocenters. The van der Waals surface area contributed by atoms with Gasteiger partial charge < -0.3 is 19.6 Å². The van der Waals surface area contributed by atoms with Crippen LogP contribution in [0.2, 0.25) is 0 Å². The topological polar surface area (TPSA) is 150 Å². The van der Waals surface area contributed by atoms with Crippen LogP contribution in [0.15, 0.2) is 0 Å². The Morgan fingerprint density at radius 1 is 0.517 bits per heavy atom. The zero-order chi connectivity index (χ0) is 62.8. The van der Waals surface area contributed by atoms with Crippen molar-refractivity contribution in [1.82, 2.24) is 19.6 Å². The average Bonchev–Trinajstić information content (AvgIpc) is 3.99. The first-order chi connectivity index (χ1) is 35.0. The standard InChI is InChI=1S/4C12H21NO2/c4*1-4-6-10-7-12(15)13(8-10)11(5-2)9(3)14/h4*10-11H,4-8H2,1-3H3/t4*10-,11+/m1111/s1/i4D2,5D2,6D2,10D,11D;4D2,6D2,10D;4D2,6D2;4D2. The third kappa shape index (κ3) is 16.8. The predicted octanol–water partition coefficient (Wildman–Crippen LogP) is 8.01. The molecule has 60 heavy (non-hydrogen) atoms. The predicted molar refractivity (Wildman–Crippen MR) is 238 cm³/mol. The van der Waals surface area contributed by atoms with E-state index >= 15 is 0 Å². The molecular weight excluding hydrogens is 761 g/mol. The minimum absolute atomic E-state index is 0.0127. The maximum atomic E-state index is 12.2. The van der Waals surface area contributed by atoms with Crippen molar-refractivity contribution in [1.29, 1.82) is 0 Å². The van der Waals surface area contributed by atoms with Gasteiger partial charge in [-0.15, -0.1) is 0 Å². The van der Waals surface area contributed by atoms with Gasteiger partial charge in [0.15, 0.2) is 23.1 Å². The largest absolute Gasteiger partial charge is 0.332 e. The lowest BCUT2D eigenvalue weighted by atomic mass is 10.0. The third-order valence-electron chi connectivity index (χ3n) is 10.4. The zero-order valence-corrected chi connectivity index (χ0v) is 37.9. The fourth-order valence-electron chi connectivity index (χ4n) is 7.81. The van der Waals surface area contributed by atoms with Crippen molar-refractivity contribution in [2.45, 2.75) is 210 Å². The maximum absolute atomic E-state index is 12.2. The SMILES string of the molecule is [2H]C([2H])(C)C([2H])([2H])[C@@H]1CC(=O)N([C@@H](CC)C(C)=O)C1.[2H]C([2H])(C)C([2H])([2H])[C@]1([2H])CC(=O)N([C@@H](CC)C(C)=O)C1.[2H]C([2H])(C)C([2H])([2H])[C@]1([2H])CC(=O)N([C@]([2H])(C(C)=O)C([2H])([2H])C)C1.[2H]C([2H])(C)C[C@@H]1CC(=O)N([C@@H](CC)C(C)=O)C1. The second-order valence-electron chi connectivity index (χ2n) is 15.1. The van der Waals surface area contributed by atoms with Gasteiger partial charge in [0.1, 0.15) is 0 Å². The molecule has 0 aromatic carbocycles. The quantitative estimate of drug-likeness (QED) is 0.120. The molecule has 12 nitrogen and oxygen atoms in total. The molecule has 8 atom stereocenters. The van der Waals surface area contributed by atoms with Gasteiger partial charge in [-0.1, -0.05) is 80.9 Å². The normalized spacial score (nSPS) is 32.8. The van der Waals surface area contributed by atoms with Crippen LogP contribution in [-0.4, -0.2) is 117 Å². The van der Waals surface area contributed by atoms with Crippen molar-refractivity contribution in [2.75, 3.05) is 26.2 Å². The van der Waals surface area contributed by atoms with E-state index < -0.39 is 124 Å². The van der Waals surface area contributed by atoms with Crippen LogP contribution in [0.3, 0.4) is 0 Å². The van der Waals surface area contributed by atoms with Crippen molar-refractivity contribution in [3.8, 4) is 0 Å². The summed E-state index contributed by atoms with van der Waals surface area (Å²) in [4.78, 5) is 99.2. The Hall–Kier alpha value is -3.44. The van der Waals surface area contributed by atoms with E-state index in [-0.39, 0.29) is 60.6 Å². The zero-order valence-electron chi connectivity index (χ0n) is 56.9. The van der Waals surface area contributed by atoms with Gasteiger partial charge in [0.25, 0.3) is 0 Å². The molecule has 4 aliphatic rings. The van der Waals surface area contributed by atoms with E-state index in [1.165, 1.54) is 44.4 Å². The van der Waals surface area contributed by atoms with Gasteiger partial charge in [-0.05, 0) is 102 Å². The van der Waals surface area contributed by atoms with Crippen LogP contribution in [0, 0.1) is 23.6 Å². The van der Waals surface area contributed by atoms with Gasteiger partial charge in [-0.2, -0.15) is 0 Å². The minimum Gasteiger partial charge on any atom is -0.332 e. The third-order valence-corrected chi connectivity index (χ3v) is 10.4.